The second-order valence-corrected chi connectivity index (χ2v) is 13.5. The Hall–Kier alpha value is -0.530. The molecule has 0 aromatic carbocycles. The molecule has 0 N–H and O–H groups in total. The van der Waals surface area contributed by atoms with Crippen molar-refractivity contribution >= 4 is 5.97 Å². The Morgan fingerprint density at radius 2 is 0.842 bits per heavy atom. The third kappa shape index (κ3) is 28.5. The third-order valence-corrected chi connectivity index (χ3v) is 8.62. The van der Waals surface area contributed by atoms with Gasteiger partial charge in [0.25, 0.3) is 0 Å². The van der Waals surface area contributed by atoms with Crippen LogP contribution in [0.15, 0.2) is 0 Å². The standard InChI is InChI=1S/C36H72O2/c1-7-8-9-10-11-12-13-14-15-16-17-18-19-29-36(37)38-31-30-35(6)28-22-27-34(5)26-21-25-33(4)24-20-23-32(2)3/h32-35H,7-31H2,1-6H3. The van der Waals surface area contributed by atoms with Gasteiger partial charge in [-0.3, -0.25) is 4.79 Å². The fraction of sp³-hybridized carbons (Fsp3) is 0.972. The van der Waals surface area contributed by atoms with Crippen LogP contribution in [0.5, 0.6) is 0 Å². The maximum Gasteiger partial charge on any atom is 0.305 e. The van der Waals surface area contributed by atoms with Gasteiger partial charge in [-0.05, 0) is 36.5 Å². The van der Waals surface area contributed by atoms with Crippen molar-refractivity contribution in [3.05, 3.63) is 0 Å². The second-order valence-electron chi connectivity index (χ2n) is 13.5. The lowest BCUT2D eigenvalue weighted by molar-refractivity contribution is -0.144. The topological polar surface area (TPSA) is 26.3 Å². The molecule has 0 bridgehead atoms. The molecule has 0 spiro atoms. The molecule has 0 saturated carbocycles. The van der Waals surface area contributed by atoms with E-state index in [9.17, 15) is 4.79 Å². The van der Waals surface area contributed by atoms with Gasteiger partial charge < -0.3 is 4.74 Å². The maximum absolute atomic E-state index is 12.0. The molecule has 2 heteroatoms. The lowest BCUT2D eigenvalue weighted by atomic mass is 9.91. The van der Waals surface area contributed by atoms with Crippen LogP contribution in [0.1, 0.15) is 196 Å². The van der Waals surface area contributed by atoms with E-state index in [1.807, 2.05) is 0 Å². The smallest absolute Gasteiger partial charge is 0.305 e. The molecule has 228 valence electrons. The van der Waals surface area contributed by atoms with Gasteiger partial charge in [0, 0.05) is 6.42 Å². The molecule has 0 aromatic rings. The first-order valence-corrected chi connectivity index (χ1v) is 17.5. The summed E-state index contributed by atoms with van der Waals surface area (Å²) in [7, 11) is 0. The Bertz CT molecular complexity index is 486. The van der Waals surface area contributed by atoms with Gasteiger partial charge in [-0.15, -0.1) is 0 Å². The highest BCUT2D eigenvalue weighted by atomic mass is 16.5. The summed E-state index contributed by atoms with van der Waals surface area (Å²) >= 11 is 0. The summed E-state index contributed by atoms with van der Waals surface area (Å²) in [5.74, 6) is 3.28. The van der Waals surface area contributed by atoms with Gasteiger partial charge in [-0.1, -0.05) is 176 Å². The first-order chi connectivity index (χ1) is 18.3. The summed E-state index contributed by atoms with van der Waals surface area (Å²) < 4.78 is 5.52. The van der Waals surface area contributed by atoms with E-state index in [0.29, 0.717) is 18.9 Å². The van der Waals surface area contributed by atoms with Crippen molar-refractivity contribution < 1.29 is 9.53 Å². The Kier molecular flexibility index (Phi) is 27.6. The van der Waals surface area contributed by atoms with Crippen molar-refractivity contribution in [3.63, 3.8) is 0 Å². The molecule has 0 heterocycles. The van der Waals surface area contributed by atoms with Crippen LogP contribution in [0, 0.1) is 23.7 Å². The molecule has 0 aliphatic rings. The normalized spacial score (nSPS) is 14.1. The van der Waals surface area contributed by atoms with Gasteiger partial charge in [0.05, 0.1) is 6.61 Å². The molecular formula is C36H72O2. The molecule has 0 radical (unpaired) electrons. The summed E-state index contributed by atoms with van der Waals surface area (Å²) in [6.07, 6.45) is 31.4. The molecule has 0 saturated heterocycles. The Morgan fingerprint density at radius 3 is 1.26 bits per heavy atom. The maximum atomic E-state index is 12.0. The fourth-order valence-corrected chi connectivity index (χ4v) is 5.67. The van der Waals surface area contributed by atoms with Crippen molar-refractivity contribution in [2.45, 2.75) is 196 Å². The zero-order valence-electron chi connectivity index (χ0n) is 27.3. The van der Waals surface area contributed by atoms with Crippen LogP contribution >= 0.6 is 0 Å². The monoisotopic (exact) mass is 537 g/mol. The van der Waals surface area contributed by atoms with Crippen LogP contribution in [-0.2, 0) is 9.53 Å². The molecular weight excluding hydrogens is 464 g/mol. The van der Waals surface area contributed by atoms with E-state index >= 15 is 0 Å². The molecule has 3 unspecified atom stereocenters. The molecule has 0 aliphatic heterocycles. The number of carbonyl (C=O) groups is 1. The van der Waals surface area contributed by atoms with Gasteiger partial charge in [0.15, 0.2) is 0 Å². The highest BCUT2D eigenvalue weighted by molar-refractivity contribution is 5.69. The number of esters is 1. The molecule has 0 amide bonds. The van der Waals surface area contributed by atoms with E-state index < -0.39 is 0 Å². The largest absolute Gasteiger partial charge is 0.466 e. The summed E-state index contributed by atoms with van der Waals surface area (Å²) in [6, 6.07) is 0. The van der Waals surface area contributed by atoms with Crippen molar-refractivity contribution in [2.75, 3.05) is 6.61 Å². The summed E-state index contributed by atoms with van der Waals surface area (Å²) in [6.45, 7) is 14.8. The zero-order valence-corrected chi connectivity index (χ0v) is 27.3. The highest BCUT2D eigenvalue weighted by Gasteiger charge is 2.09. The Morgan fingerprint density at radius 1 is 0.474 bits per heavy atom. The van der Waals surface area contributed by atoms with Crippen molar-refractivity contribution in [1.82, 2.24) is 0 Å². The first-order valence-electron chi connectivity index (χ1n) is 17.5. The van der Waals surface area contributed by atoms with E-state index in [4.69, 9.17) is 4.74 Å². The molecule has 2 nitrogen and oxygen atoms in total. The Labute approximate surface area is 241 Å². The fourth-order valence-electron chi connectivity index (χ4n) is 5.67. The van der Waals surface area contributed by atoms with Crippen LogP contribution in [0.3, 0.4) is 0 Å². The van der Waals surface area contributed by atoms with E-state index in [2.05, 4.69) is 41.5 Å². The lowest BCUT2D eigenvalue weighted by Crippen LogP contribution is -2.09. The second kappa shape index (κ2) is 28.0. The minimum absolute atomic E-state index is 0.0207. The van der Waals surface area contributed by atoms with Gasteiger partial charge in [-0.25, -0.2) is 0 Å². The number of hydrogen-bond acceptors (Lipinski definition) is 2. The lowest BCUT2D eigenvalue weighted by Gasteiger charge is -2.16. The number of carbonyl (C=O) groups excluding carboxylic acids is 1. The van der Waals surface area contributed by atoms with Gasteiger partial charge in [-0.2, -0.15) is 0 Å². The molecule has 0 rings (SSSR count). The van der Waals surface area contributed by atoms with Gasteiger partial charge in [0.1, 0.15) is 0 Å². The molecule has 0 fully saturated rings. The molecule has 3 atom stereocenters. The summed E-state index contributed by atoms with van der Waals surface area (Å²) in [4.78, 5) is 12.0. The SMILES string of the molecule is CCCCCCCCCCCCCCCC(=O)OCCC(C)CCCC(C)CCCC(C)CCCC(C)C. The number of unbranched alkanes of at least 4 members (excludes halogenated alkanes) is 12. The predicted molar refractivity (Wildman–Crippen MR) is 170 cm³/mol. The Balaban J connectivity index is 3.46. The quantitative estimate of drug-likeness (QED) is 0.0701. The van der Waals surface area contributed by atoms with E-state index in [0.717, 1.165) is 30.6 Å². The van der Waals surface area contributed by atoms with Crippen molar-refractivity contribution in [1.29, 1.82) is 0 Å². The van der Waals surface area contributed by atoms with Crippen LogP contribution in [-0.4, -0.2) is 12.6 Å². The van der Waals surface area contributed by atoms with Crippen LogP contribution < -0.4 is 0 Å². The summed E-state index contributed by atoms with van der Waals surface area (Å²) in [5.41, 5.74) is 0. The zero-order chi connectivity index (χ0) is 28.3. The van der Waals surface area contributed by atoms with E-state index in [1.54, 1.807) is 0 Å². The molecule has 38 heavy (non-hydrogen) atoms. The van der Waals surface area contributed by atoms with Crippen molar-refractivity contribution in [3.8, 4) is 0 Å². The van der Waals surface area contributed by atoms with E-state index in [-0.39, 0.29) is 5.97 Å². The molecule has 0 aromatic heterocycles. The number of hydrogen-bond donors (Lipinski definition) is 0. The predicted octanol–water partition coefficient (Wildman–Crippen LogP) is 12.5. The first kappa shape index (κ1) is 37.5. The average Bonchev–Trinajstić information content (AvgIpc) is 2.86. The average molecular weight is 537 g/mol. The van der Waals surface area contributed by atoms with E-state index in [1.165, 1.54) is 135 Å². The number of rotatable bonds is 29. The van der Waals surface area contributed by atoms with Crippen LogP contribution in [0.25, 0.3) is 0 Å². The minimum atomic E-state index is 0.0207. The van der Waals surface area contributed by atoms with Crippen LogP contribution in [0.4, 0.5) is 0 Å². The third-order valence-electron chi connectivity index (χ3n) is 8.62. The molecule has 0 aliphatic carbocycles. The number of ether oxygens (including phenoxy) is 1. The minimum Gasteiger partial charge on any atom is -0.466 e. The van der Waals surface area contributed by atoms with Crippen LogP contribution in [0.2, 0.25) is 0 Å². The van der Waals surface area contributed by atoms with Gasteiger partial charge in [0.2, 0.25) is 0 Å². The highest BCUT2D eigenvalue weighted by Crippen LogP contribution is 2.23. The van der Waals surface area contributed by atoms with Gasteiger partial charge >= 0.3 is 5.97 Å². The summed E-state index contributed by atoms with van der Waals surface area (Å²) in [5, 5.41) is 0. The van der Waals surface area contributed by atoms with Crippen molar-refractivity contribution in [2.24, 2.45) is 23.7 Å².